The second-order valence-corrected chi connectivity index (χ2v) is 6.46. The van der Waals surface area contributed by atoms with Crippen molar-refractivity contribution in [3.05, 3.63) is 34.7 Å². The minimum Gasteiger partial charge on any atom is -0.495 e. The van der Waals surface area contributed by atoms with Gasteiger partial charge < -0.3 is 25.0 Å². The number of halogens is 1. The van der Waals surface area contributed by atoms with Gasteiger partial charge in [-0.1, -0.05) is 11.6 Å². The van der Waals surface area contributed by atoms with E-state index in [4.69, 9.17) is 21.1 Å². The average Bonchev–Trinajstić information content (AvgIpc) is 2.61. The van der Waals surface area contributed by atoms with E-state index in [-0.39, 0.29) is 11.6 Å². The molecule has 9 heteroatoms. The van der Waals surface area contributed by atoms with Crippen molar-refractivity contribution < 1.29 is 14.3 Å². The molecule has 0 aliphatic rings. The highest BCUT2D eigenvalue weighted by atomic mass is 35.5. The molecule has 1 heterocycles. The fraction of sp³-hybridized carbons (Fsp3) is 0.389. The normalized spacial score (nSPS) is 10.6. The number of amides is 1. The number of hydrogen-bond donors (Lipinski definition) is 2. The summed E-state index contributed by atoms with van der Waals surface area (Å²) in [6, 6.07) is 4.93. The van der Waals surface area contributed by atoms with Crippen LogP contribution in [0.3, 0.4) is 0 Å². The van der Waals surface area contributed by atoms with E-state index in [0.29, 0.717) is 40.4 Å². The van der Waals surface area contributed by atoms with E-state index in [1.54, 1.807) is 25.1 Å². The summed E-state index contributed by atoms with van der Waals surface area (Å²) < 4.78 is 10.6. The maximum absolute atomic E-state index is 12.3. The number of anilines is 2. The summed E-state index contributed by atoms with van der Waals surface area (Å²) in [5, 5.41) is 6.40. The van der Waals surface area contributed by atoms with Crippen molar-refractivity contribution in [3.8, 4) is 11.5 Å². The lowest BCUT2D eigenvalue weighted by Gasteiger charge is -2.14. The van der Waals surface area contributed by atoms with Gasteiger partial charge in [-0.3, -0.25) is 4.79 Å². The van der Waals surface area contributed by atoms with Gasteiger partial charge in [0.15, 0.2) is 0 Å². The molecule has 27 heavy (non-hydrogen) atoms. The zero-order chi connectivity index (χ0) is 20.0. The van der Waals surface area contributed by atoms with Crippen LogP contribution in [0, 0.1) is 6.92 Å². The van der Waals surface area contributed by atoms with E-state index in [0.717, 1.165) is 6.54 Å². The predicted octanol–water partition coefficient (Wildman–Crippen LogP) is 2.49. The molecular formula is C18H24ClN5O3. The molecule has 1 aromatic heterocycles. The Balaban J connectivity index is 2.25. The van der Waals surface area contributed by atoms with Crippen LogP contribution in [0.1, 0.15) is 16.3 Å². The molecule has 2 aromatic rings. The van der Waals surface area contributed by atoms with Crippen molar-refractivity contribution in [3.63, 3.8) is 0 Å². The summed E-state index contributed by atoms with van der Waals surface area (Å²) in [6.07, 6.45) is 0. The Morgan fingerprint density at radius 3 is 2.48 bits per heavy atom. The van der Waals surface area contributed by atoms with Gasteiger partial charge in [-0.15, -0.1) is 0 Å². The highest BCUT2D eigenvalue weighted by molar-refractivity contribution is 6.32. The van der Waals surface area contributed by atoms with Gasteiger partial charge in [0, 0.05) is 31.3 Å². The maximum Gasteiger partial charge on any atom is 0.270 e. The van der Waals surface area contributed by atoms with Crippen molar-refractivity contribution in [2.75, 3.05) is 46.7 Å². The zero-order valence-corrected chi connectivity index (χ0v) is 16.8. The van der Waals surface area contributed by atoms with E-state index in [2.05, 4.69) is 20.6 Å². The smallest absolute Gasteiger partial charge is 0.270 e. The Kier molecular flexibility index (Phi) is 7.20. The molecular weight excluding hydrogens is 370 g/mol. The monoisotopic (exact) mass is 393 g/mol. The van der Waals surface area contributed by atoms with Crippen LogP contribution < -0.4 is 20.1 Å². The summed E-state index contributed by atoms with van der Waals surface area (Å²) in [7, 11) is 6.95. The number of benzene rings is 1. The van der Waals surface area contributed by atoms with Gasteiger partial charge >= 0.3 is 0 Å². The second kappa shape index (κ2) is 9.38. The number of hydrogen-bond acceptors (Lipinski definition) is 7. The number of carbonyl (C=O) groups is 1. The molecule has 146 valence electrons. The molecule has 1 aromatic carbocycles. The number of rotatable bonds is 8. The molecule has 2 N–H and O–H groups in total. The number of aromatic nitrogens is 2. The summed E-state index contributed by atoms with van der Waals surface area (Å²) >= 11 is 6.13. The van der Waals surface area contributed by atoms with Crippen LogP contribution in [0.4, 0.5) is 11.5 Å². The van der Waals surface area contributed by atoms with Gasteiger partial charge in [0.05, 0.1) is 24.9 Å². The molecule has 0 radical (unpaired) electrons. The molecule has 0 unspecified atom stereocenters. The number of methoxy groups -OCH3 is 2. The summed E-state index contributed by atoms with van der Waals surface area (Å²) in [4.78, 5) is 22.9. The number of nitrogens with one attached hydrogen (secondary N) is 2. The molecule has 0 aliphatic carbocycles. The van der Waals surface area contributed by atoms with Crippen molar-refractivity contribution in [1.29, 1.82) is 0 Å². The van der Waals surface area contributed by atoms with E-state index in [1.807, 2.05) is 19.0 Å². The first-order valence-electron chi connectivity index (χ1n) is 8.31. The standard InChI is InChI=1S/C18H24ClN5O3/c1-11-21-14(18(25)20-6-7-24(2)3)10-17(22-11)23-13-9-15(26-4)12(19)8-16(13)27-5/h8-10H,6-7H2,1-5H3,(H,20,25)(H,21,22,23). The summed E-state index contributed by atoms with van der Waals surface area (Å²) in [5.41, 5.74) is 0.888. The van der Waals surface area contributed by atoms with Crippen molar-refractivity contribution in [1.82, 2.24) is 20.2 Å². The van der Waals surface area contributed by atoms with Crippen LogP contribution in [0.25, 0.3) is 0 Å². The predicted molar refractivity (Wildman–Crippen MR) is 105 cm³/mol. The molecule has 8 nitrogen and oxygen atoms in total. The number of aryl methyl sites for hydroxylation is 1. The Labute approximate surface area is 163 Å². The Bertz CT molecular complexity index is 814. The topological polar surface area (TPSA) is 88.6 Å². The van der Waals surface area contributed by atoms with Crippen LogP contribution >= 0.6 is 11.6 Å². The highest BCUT2D eigenvalue weighted by Crippen LogP contribution is 2.37. The highest BCUT2D eigenvalue weighted by Gasteiger charge is 2.14. The average molecular weight is 394 g/mol. The third-order valence-corrected chi connectivity index (χ3v) is 3.95. The first-order chi connectivity index (χ1) is 12.8. The Morgan fingerprint density at radius 2 is 1.85 bits per heavy atom. The molecule has 0 saturated carbocycles. The first-order valence-corrected chi connectivity index (χ1v) is 8.69. The minimum absolute atomic E-state index is 0.258. The third-order valence-electron chi connectivity index (χ3n) is 3.65. The van der Waals surface area contributed by atoms with Crippen LogP contribution in [0.15, 0.2) is 18.2 Å². The minimum atomic E-state index is -0.258. The largest absolute Gasteiger partial charge is 0.495 e. The molecule has 2 rings (SSSR count). The summed E-state index contributed by atoms with van der Waals surface area (Å²) in [5.74, 6) is 1.69. The molecule has 0 spiro atoms. The van der Waals surface area contributed by atoms with E-state index < -0.39 is 0 Å². The molecule has 0 saturated heterocycles. The lowest BCUT2D eigenvalue weighted by atomic mass is 10.2. The van der Waals surface area contributed by atoms with Crippen molar-refractivity contribution >= 4 is 29.0 Å². The van der Waals surface area contributed by atoms with Crippen molar-refractivity contribution in [2.45, 2.75) is 6.92 Å². The van der Waals surface area contributed by atoms with E-state index in [9.17, 15) is 4.79 Å². The van der Waals surface area contributed by atoms with Crippen LogP contribution in [-0.2, 0) is 0 Å². The molecule has 0 fully saturated rings. The fourth-order valence-corrected chi connectivity index (χ4v) is 2.56. The van der Waals surface area contributed by atoms with Gasteiger partial charge in [0.2, 0.25) is 0 Å². The SMILES string of the molecule is COc1cc(Nc2cc(C(=O)NCCN(C)C)nc(C)n2)c(OC)cc1Cl. The van der Waals surface area contributed by atoms with E-state index in [1.165, 1.54) is 14.2 Å². The third kappa shape index (κ3) is 5.70. The summed E-state index contributed by atoms with van der Waals surface area (Å²) in [6.45, 7) is 2.99. The second-order valence-electron chi connectivity index (χ2n) is 6.06. The van der Waals surface area contributed by atoms with Crippen LogP contribution in [0.2, 0.25) is 5.02 Å². The fourth-order valence-electron chi connectivity index (χ4n) is 2.33. The van der Waals surface area contributed by atoms with E-state index >= 15 is 0 Å². The Hall–Kier alpha value is -2.58. The lowest BCUT2D eigenvalue weighted by Crippen LogP contribution is -2.32. The number of likely N-dealkylation sites (N-methyl/N-ethyl adjacent to an activating group) is 1. The number of nitrogens with zero attached hydrogens (tertiary/aromatic N) is 3. The van der Waals surface area contributed by atoms with Crippen LogP contribution in [-0.4, -0.2) is 62.2 Å². The maximum atomic E-state index is 12.3. The molecule has 1 amide bonds. The van der Waals surface area contributed by atoms with Crippen LogP contribution in [0.5, 0.6) is 11.5 Å². The van der Waals surface area contributed by atoms with Crippen molar-refractivity contribution in [2.24, 2.45) is 0 Å². The van der Waals surface area contributed by atoms with Gasteiger partial charge in [-0.25, -0.2) is 9.97 Å². The zero-order valence-electron chi connectivity index (χ0n) is 16.1. The van der Waals surface area contributed by atoms with Gasteiger partial charge in [0.25, 0.3) is 5.91 Å². The van der Waals surface area contributed by atoms with Gasteiger partial charge in [-0.05, 0) is 21.0 Å². The van der Waals surface area contributed by atoms with Gasteiger partial charge in [0.1, 0.15) is 28.8 Å². The number of ether oxygens (including phenoxy) is 2. The number of carbonyl (C=O) groups excluding carboxylic acids is 1. The first kappa shape index (κ1) is 20.7. The Morgan fingerprint density at radius 1 is 1.15 bits per heavy atom. The van der Waals surface area contributed by atoms with Gasteiger partial charge in [-0.2, -0.15) is 0 Å². The molecule has 0 aliphatic heterocycles. The lowest BCUT2D eigenvalue weighted by molar-refractivity contribution is 0.0945. The molecule has 0 bridgehead atoms. The quantitative estimate of drug-likeness (QED) is 0.712. The molecule has 0 atom stereocenters.